The highest BCUT2D eigenvalue weighted by molar-refractivity contribution is 5.95. The van der Waals surface area contributed by atoms with E-state index in [4.69, 9.17) is 0 Å². The number of aryl methyl sites for hydroxylation is 1. The molecule has 0 aliphatic carbocycles. The summed E-state index contributed by atoms with van der Waals surface area (Å²) in [6, 6.07) is 8.22. The molecule has 1 fully saturated rings. The molecule has 1 aliphatic rings. The number of nitrogens with one attached hydrogen (secondary N) is 3. The number of amides is 1. The molecule has 2 rings (SSSR count). The molecule has 0 aromatic heterocycles. The molecule has 0 spiro atoms. The summed E-state index contributed by atoms with van der Waals surface area (Å²) in [7, 11) is 0. The molecule has 18 heavy (non-hydrogen) atoms. The van der Waals surface area contributed by atoms with E-state index in [9.17, 15) is 4.79 Å². The number of piperazine rings is 1. The highest BCUT2D eigenvalue weighted by Gasteiger charge is 2.23. The molecule has 3 N–H and O–H groups in total. The van der Waals surface area contributed by atoms with Gasteiger partial charge in [0.15, 0.2) is 0 Å². The lowest BCUT2D eigenvalue weighted by Crippen LogP contribution is -2.57. The second kappa shape index (κ2) is 5.98. The van der Waals surface area contributed by atoms with Crippen LogP contribution in [0.2, 0.25) is 0 Å². The molecule has 1 aromatic carbocycles. The Labute approximate surface area is 108 Å². The fourth-order valence-electron chi connectivity index (χ4n) is 2.14. The quantitative estimate of drug-likeness (QED) is 0.750. The van der Waals surface area contributed by atoms with Crippen LogP contribution in [0.3, 0.4) is 0 Å². The van der Waals surface area contributed by atoms with Crippen LogP contribution in [0.5, 0.6) is 0 Å². The fourth-order valence-corrected chi connectivity index (χ4v) is 2.14. The van der Waals surface area contributed by atoms with E-state index in [1.54, 1.807) is 0 Å². The van der Waals surface area contributed by atoms with Gasteiger partial charge >= 0.3 is 0 Å². The zero-order valence-electron chi connectivity index (χ0n) is 11.0. The normalized spacial score (nSPS) is 23.7. The third-order valence-corrected chi connectivity index (χ3v) is 3.31. The van der Waals surface area contributed by atoms with Gasteiger partial charge in [0.25, 0.3) is 0 Å². The topological polar surface area (TPSA) is 53.2 Å². The second-order valence-corrected chi connectivity index (χ2v) is 4.77. The molecule has 1 amide bonds. The number of para-hydroxylation sites is 1. The largest absolute Gasteiger partial charge is 0.324 e. The SMILES string of the molecule is CCc1ccccc1NC(=O)C1CNC(C)CN1. The maximum Gasteiger partial charge on any atom is 0.242 e. The van der Waals surface area contributed by atoms with Crippen molar-refractivity contribution in [2.24, 2.45) is 0 Å². The summed E-state index contributed by atoms with van der Waals surface area (Å²) < 4.78 is 0. The molecule has 1 saturated heterocycles. The lowest BCUT2D eigenvalue weighted by molar-refractivity contribution is -0.118. The lowest BCUT2D eigenvalue weighted by atomic mass is 10.1. The lowest BCUT2D eigenvalue weighted by Gasteiger charge is -2.28. The van der Waals surface area contributed by atoms with Crippen molar-refractivity contribution < 1.29 is 4.79 Å². The smallest absolute Gasteiger partial charge is 0.242 e. The standard InChI is InChI=1S/C14H21N3O/c1-3-11-6-4-5-7-12(11)17-14(18)13-9-15-10(2)8-16-13/h4-7,10,13,15-16H,3,8-9H2,1-2H3,(H,17,18). The van der Waals surface area contributed by atoms with Crippen molar-refractivity contribution in [3.8, 4) is 0 Å². The molecule has 0 saturated carbocycles. The highest BCUT2D eigenvalue weighted by atomic mass is 16.2. The molecule has 1 heterocycles. The first-order chi connectivity index (χ1) is 8.70. The van der Waals surface area contributed by atoms with Crippen LogP contribution < -0.4 is 16.0 Å². The van der Waals surface area contributed by atoms with Crippen molar-refractivity contribution in [3.05, 3.63) is 29.8 Å². The van der Waals surface area contributed by atoms with E-state index >= 15 is 0 Å². The van der Waals surface area contributed by atoms with E-state index < -0.39 is 0 Å². The van der Waals surface area contributed by atoms with E-state index in [-0.39, 0.29) is 11.9 Å². The van der Waals surface area contributed by atoms with Gasteiger partial charge in [0.1, 0.15) is 0 Å². The monoisotopic (exact) mass is 247 g/mol. The van der Waals surface area contributed by atoms with E-state index in [1.807, 2.05) is 24.3 Å². The number of anilines is 1. The Morgan fingerprint density at radius 2 is 2.11 bits per heavy atom. The summed E-state index contributed by atoms with van der Waals surface area (Å²) in [5, 5.41) is 9.56. The predicted octanol–water partition coefficient (Wildman–Crippen LogP) is 1.14. The van der Waals surface area contributed by atoms with Crippen LogP contribution >= 0.6 is 0 Å². The first-order valence-electron chi connectivity index (χ1n) is 6.56. The summed E-state index contributed by atoms with van der Waals surface area (Å²) in [4.78, 5) is 12.1. The van der Waals surface area contributed by atoms with Crippen LogP contribution in [-0.2, 0) is 11.2 Å². The van der Waals surface area contributed by atoms with Gasteiger partial charge in [-0.2, -0.15) is 0 Å². The minimum atomic E-state index is -0.147. The number of carbonyl (C=O) groups is 1. The van der Waals surface area contributed by atoms with Gasteiger partial charge in [0.2, 0.25) is 5.91 Å². The number of benzene rings is 1. The maximum atomic E-state index is 12.1. The van der Waals surface area contributed by atoms with Crippen molar-refractivity contribution in [1.82, 2.24) is 10.6 Å². The van der Waals surface area contributed by atoms with Crippen molar-refractivity contribution in [1.29, 1.82) is 0 Å². The van der Waals surface area contributed by atoms with Gasteiger partial charge in [-0.15, -0.1) is 0 Å². The molecular weight excluding hydrogens is 226 g/mol. The third-order valence-electron chi connectivity index (χ3n) is 3.31. The number of carbonyl (C=O) groups excluding carboxylic acids is 1. The van der Waals surface area contributed by atoms with Crippen molar-refractivity contribution in [2.75, 3.05) is 18.4 Å². The first-order valence-corrected chi connectivity index (χ1v) is 6.56. The fraction of sp³-hybridized carbons (Fsp3) is 0.500. The molecule has 0 radical (unpaired) electrons. The first kappa shape index (κ1) is 13.1. The number of hydrogen-bond donors (Lipinski definition) is 3. The molecule has 4 nitrogen and oxygen atoms in total. The minimum absolute atomic E-state index is 0.0373. The van der Waals surface area contributed by atoms with Crippen molar-refractivity contribution in [3.63, 3.8) is 0 Å². The van der Waals surface area contributed by atoms with Gasteiger partial charge in [-0.1, -0.05) is 25.1 Å². The summed E-state index contributed by atoms with van der Waals surface area (Å²) in [5.74, 6) is 0.0373. The van der Waals surface area contributed by atoms with Crippen LogP contribution in [0.25, 0.3) is 0 Å². The van der Waals surface area contributed by atoms with E-state index in [0.717, 1.165) is 18.7 Å². The average Bonchev–Trinajstić information content (AvgIpc) is 2.40. The van der Waals surface area contributed by atoms with Crippen LogP contribution in [0.4, 0.5) is 5.69 Å². The number of rotatable bonds is 3. The van der Waals surface area contributed by atoms with Gasteiger partial charge in [0.05, 0.1) is 6.04 Å². The Bertz CT molecular complexity index is 411. The summed E-state index contributed by atoms with van der Waals surface area (Å²) in [6.45, 7) is 5.70. The number of hydrogen-bond acceptors (Lipinski definition) is 3. The minimum Gasteiger partial charge on any atom is -0.324 e. The zero-order valence-corrected chi connectivity index (χ0v) is 11.0. The van der Waals surface area contributed by atoms with Gasteiger partial charge in [0, 0.05) is 24.8 Å². The van der Waals surface area contributed by atoms with Gasteiger partial charge < -0.3 is 16.0 Å². The second-order valence-electron chi connectivity index (χ2n) is 4.77. The Balaban J connectivity index is 1.98. The Hall–Kier alpha value is -1.39. The molecule has 2 atom stereocenters. The predicted molar refractivity (Wildman–Crippen MR) is 73.7 cm³/mol. The molecule has 4 heteroatoms. The molecule has 1 aromatic rings. The van der Waals surface area contributed by atoms with Crippen molar-refractivity contribution >= 4 is 11.6 Å². The summed E-state index contributed by atoms with van der Waals surface area (Å²) in [6.07, 6.45) is 0.920. The maximum absolute atomic E-state index is 12.1. The van der Waals surface area contributed by atoms with E-state index in [1.165, 1.54) is 5.56 Å². The van der Waals surface area contributed by atoms with Crippen LogP contribution in [0.1, 0.15) is 19.4 Å². The van der Waals surface area contributed by atoms with Crippen molar-refractivity contribution in [2.45, 2.75) is 32.4 Å². The summed E-state index contributed by atoms with van der Waals surface area (Å²) in [5.41, 5.74) is 2.09. The van der Waals surface area contributed by atoms with Crippen LogP contribution in [0, 0.1) is 0 Å². The molecule has 1 aliphatic heterocycles. The molecular formula is C14H21N3O. The Morgan fingerprint density at radius 3 is 2.78 bits per heavy atom. The van der Waals surface area contributed by atoms with Crippen LogP contribution in [-0.4, -0.2) is 31.1 Å². The van der Waals surface area contributed by atoms with Gasteiger partial charge in [-0.25, -0.2) is 0 Å². The Kier molecular flexibility index (Phi) is 4.33. The van der Waals surface area contributed by atoms with E-state index in [2.05, 4.69) is 29.8 Å². The average molecular weight is 247 g/mol. The molecule has 0 bridgehead atoms. The molecule has 98 valence electrons. The Morgan fingerprint density at radius 1 is 1.33 bits per heavy atom. The molecule has 2 unspecified atom stereocenters. The van der Waals surface area contributed by atoms with Gasteiger partial charge in [-0.3, -0.25) is 4.79 Å². The zero-order chi connectivity index (χ0) is 13.0. The van der Waals surface area contributed by atoms with Crippen LogP contribution in [0.15, 0.2) is 24.3 Å². The summed E-state index contributed by atoms with van der Waals surface area (Å²) >= 11 is 0. The van der Waals surface area contributed by atoms with E-state index in [0.29, 0.717) is 12.6 Å². The van der Waals surface area contributed by atoms with Gasteiger partial charge in [-0.05, 0) is 25.0 Å². The third kappa shape index (κ3) is 3.09. The highest BCUT2D eigenvalue weighted by Crippen LogP contribution is 2.15.